The second kappa shape index (κ2) is 6.00. The van der Waals surface area contributed by atoms with Gasteiger partial charge < -0.3 is 4.74 Å². The number of amides is 1. The van der Waals surface area contributed by atoms with Crippen molar-refractivity contribution < 1.29 is 9.53 Å². The van der Waals surface area contributed by atoms with Gasteiger partial charge >= 0.3 is 6.09 Å². The molecule has 1 aromatic carbocycles. The van der Waals surface area contributed by atoms with Crippen molar-refractivity contribution in [3.05, 3.63) is 41.5 Å². The van der Waals surface area contributed by atoms with Crippen LogP contribution in [0, 0.1) is 0 Å². The minimum Gasteiger partial charge on any atom is -0.438 e. The van der Waals surface area contributed by atoms with Gasteiger partial charge in [0.25, 0.3) is 0 Å². The van der Waals surface area contributed by atoms with E-state index >= 15 is 0 Å². The number of nitrogens with zero attached hydrogens (tertiary/aromatic N) is 1. The number of allylic oxidation sites excluding steroid dienone is 1. The molecule has 1 saturated heterocycles. The first-order valence-electron chi connectivity index (χ1n) is 8.75. The van der Waals surface area contributed by atoms with Gasteiger partial charge in [-0.1, -0.05) is 29.8 Å². The van der Waals surface area contributed by atoms with Crippen molar-refractivity contribution in [1.82, 2.24) is 4.90 Å². The summed E-state index contributed by atoms with van der Waals surface area (Å²) in [6.07, 6.45) is 9.04. The fourth-order valence-corrected chi connectivity index (χ4v) is 4.14. The highest BCUT2D eigenvalue weighted by Gasteiger charge is 2.44. The molecule has 0 unspecified atom stereocenters. The molecule has 1 amide bonds. The molecule has 2 aliphatic heterocycles. The fraction of sp³-hybridized carbons (Fsp3) is 0.526. The molecule has 1 aliphatic carbocycles. The van der Waals surface area contributed by atoms with Crippen LogP contribution in [-0.2, 0) is 10.3 Å². The quantitative estimate of drug-likeness (QED) is 0.838. The molecule has 4 nitrogen and oxygen atoms in total. The molecule has 1 N–H and O–H groups in total. The van der Waals surface area contributed by atoms with Crippen LogP contribution < -0.4 is 5.32 Å². The molecule has 3 aliphatic rings. The highest BCUT2D eigenvalue weighted by molar-refractivity contribution is 5.88. The molecule has 0 saturated carbocycles. The van der Waals surface area contributed by atoms with E-state index in [1.54, 1.807) is 5.57 Å². The van der Waals surface area contributed by atoms with E-state index in [-0.39, 0.29) is 6.09 Å². The molecule has 0 bridgehead atoms. The van der Waals surface area contributed by atoms with E-state index < -0.39 is 5.60 Å². The SMILES string of the molecule is O=C1Nc2ccccc2C2(CCN(CC3=CCCCC3)CC2)O1. The Kier molecular flexibility index (Phi) is 3.85. The molecule has 2 heterocycles. The van der Waals surface area contributed by atoms with Crippen LogP contribution in [0.3, 0.4) is 0 Å². The minimum absolute atomic E-state index is 0.313. The Hall–Kier alpha value is -1.81. The van der Waals surface area contributed by atoms with Crippen molar-refractivity contribution in [2.45, 2.75) is 44.1 Å². The predicted octanol–water partition coefficient (Wildman–Crippen LogP) is 4.04. The Morgan fingerprint density at radius 2 is 2.00 bits per heavy atom. The molecule has 4 heteroatoms. The number of hydrogen-bond donors (Lipinski definition) is 1. The molecule has 23 heavy (non-hydrogen) atoms. The number of nitrogens with one attached hydrogen (secondary N) is 1. The monoisotopic (exact) mass is 312 g/mol. The van der Waals surface area contributed by atoms with E-state index in [9.17, 15) is 4.79 Å². The van der Waals surface area contributed by atoms with Crippen molar-refractivity contribution in [3.63, 3.8) is 0 Å². The number of ether oxygens (including phenoxy) is 1. The van der Waals surface area contributed by atoms with Crippen LogP contribution in [0.2, 0.25) is 0 Å². The summed E-state index contributed by atoms with van der Waals surface area (Å²) in [6, 6.07) is 8.05. The standard InChI is InChI=1S/C19H24N2O2/c22-18-20-17-9-5-4-8-16(17)19(23-18)10-12-21(13-11-19)14-15-6-2-1-3-7-15/h4-6,8-9H,1-3,7,10-14H2,(H,20,22). The number of benzene rings is 1. The van der Waals surface area contributed by atoms with Crippen LogP contribution in [-0.4, -0.2) is 30.6 Å². The van der Waals surface area contributed by atoms with Crippen molar-refractivity contribution in [2.75, 3.05) is 25.0 Å². The van der Waals surface area contributed by atoms with Gasteiger partial charge in [0, 0.05) is 38.0 Å². The lowest BCUT2D eigenvalue weighted by atomic mass is 9.82. The second-order valence-corrected chi connectivity index (χ2v) is 6.94. The lowest BCUT2D eigenvalue weighted by Gasteiger charge is -2.44. The molecular formula is C19H24N2O2. The Bertz CT molecular complexity index is 630. The van der Waals surface area contributed by atoms with Gasteiger partial charge in [0.1, 0.15) is 5.60 Å². The second-order valence-electron chi connectivity index (χ2n) is 6.94. The molecule has 1 spiro atoms. The lowest BCUT2D eigenvalue weighted by molar-refractivity contribution is -0.0364. The number of para-hydroxylation sites is 1. The zero-order chi connectivity index (χ0) is 15.7. The summed E-state index contributed by atoms with van der Waals surface area (Å²) in [6.45, 7) is 3.06. The molecule has 122 valence electrons. The van der Waals surface area contributed by atoms with Gasteiger partial charge in [-0.25, -0.2) is 4.79 Å². The number of carbonyl (C=O) groups is 1. The van der Waals surface area contributed by atoms with Crippen LogP contribution in [0.4, 0.5) is 10.5 Å². The number of piperidine rings is 1. The Morgan fingerprint density at radius 3 is 2.78 bits per heavy atom. The Labute approximate surface area is 137 Å². The van der Waals surface area contributed by atoms with E-state index in [4.69, 9.17) is 4.74 Å². The van der Waals surface area contributed by atoms with Crippen LogP contribution in [0.25, 0.3) is 0 Å². The van der Waals surface area contributed by atoms with Gasteiger partial charge in [0.05, 0.1) is 5.69 Å². The minimum atomic E-state index is -0.434. The zero-order valence-corrected chi connectivity index (χ0v) is 13.5. The maximum Gasteiger partial charge on any atom is 0.412 e. The first-order valence-corrected chi connectivity index (χ1v) is 8.75. The number of anilines is 1. The van der Waals surface area contributed by atoms with E-state index in [1.807, 2.05) is 18.2 Å². The van der Waals surface area contributed by atoms with Crippen molar-refractivity contribution in [3.8, 4) is 0 Å². The first-order chi connectivity index (χ1) is 11.3. The third-order valence-electron chi connectivity index (χ3n) is 5.42. The van der Waals surface area contributed by atoms with Gasteiger partial charge in [-0.15, -0.1) is 0 Å². The predicted molar refractivity (Wildman–Crippen MR) is 90.4 cm³/mol. The summed E-state index contributed by atoms with van der Waals surface area (Å²) in [7, 11) is 0. The normalized spacial score (nSPS) is 23.7. The fourth-order valence-electron chi connectivity index (χ4n) is 4.14. The summed E-state index contributed by atoms with van der Waals surface area (Å²) < 4.78 is 5.79. The molecule has 0 atom stereocenters. The molecular weight excluding hydrogens is 288 g/mol. The van der Waals surface area contributed by atoms with Crippen LogP contribution >= 0.6 is 0 Å². The van der Waals surface area contributed by atoms with Crippen LogP contribution in [0.5, 0.6) is 0 Å². The third kappa shape index (κ3) is 2.88. The molecule has 1 fully saturated rings. The zero-order valence-electron chi connectivity index (χ0n) is 13.5. The summed E-state index contributed by atoms with van der Waals surface area (Å²) in [5.74, 6) is 0. The van der Waals surface area contributed by atoms with E-state index in [0.29, 0.717) is 0 Å². The number of rotatable bonds is 2. The van der Waals surface area contributed by atoms with Crippen molar-refractivity contribution in [2.24, 2.45) is 0 Å². The average molecular weight is 312 g/mol. The van der Waals surface area contributed by atoms with Crippen molar-refractivity contribution >= 4 is 11.8 Å². The van der Waals surface area contributed by atoms with Gasteiger partial charge in [0.15, 0.2) is 0 Å². The van der Waals surface area contributed by atoms with E-state index in [1.165, 1.54) is 25.7 Å². The van der Waals surface area contributed by atoms with Crippen LogP contribution in [0.1, 0.15) is 44.1 Å². The third-order valence-corrected chi connectivity index (χ3v) is 5.42. The van der Waals surface area contributed by atoms with Crippen molar-refractivity contribution in [1.29, 1.82) is 0 Å². The van der Waals surface area contributed by atoms with Gasteiger partial charge in [-0.3, -0.25) is 10.2 Å². The maximum atomic E-state index is 11.9. The summed E-state index contributed by atoms with van der Waals surface area (Å²) in [5.41, 5.74) is 3.20. The highest BCUT2D eigenvalue weighted by atomic mass is 16.6. The summed E-state index contributed by atoms with van der Waals surface area (Å²) in [5, 5.41) is 2.82. The first kappa shape index (κ1) is 14.8. The van der Waals surface area contributed by atoms with Gasteiger partial charge in [-0.05, 0) is 31.7 Å². The van der Waals surface area contributed by atoms with Gasteiger partial charge in [-0.2, -0.15) is 0 Å². The number of hydrogen-bond acceptors (Lipinski definition) is 3. The summed E-state index contributed by atoms with van der Waals surface area (Å²) in [4.78, 5) is 14.5. The molecule has 0 radical (unpaired) electrons. The smallest absolute Gasteiger partial charge is 0.412 e. The maximum absolute atomic E-state index is 11.9. The number of fused-ring (bicyclic) bond motifs is 2. The van der Waals surface area contributed by atoms with E-state index in [0.717, 1.165) is 43.7 Å². The van der Waals surface area contributed by atoms with E-state index in [2.05, 4.69) is 22.4 Å². The Morgan fingerprint density at radius 1 is 1.17 bits per heavy atom. The lowest BCUT2D eigenvalue weighted by Crippen LogP contribution is -2.48. The van der Waals surface area contributed by atoms with Crippen LogP contribution in [0.15, 0.2) is 35.9 Å². The summed E-state index contributed by atoms with van der Waals surface area (Å²) >= 11 is 0. The molecule has 1 aromatic rings. The largest absolute Gasteiger partial charge is 0.438 e. The molecule has 0 aromatic heterocycles. The average Bonchev–Trinajstić information content (AvgIpc) is 2.58. The number of carbonyl (C=O) groups excluding carboxylic acids is 1. The Balaban J connectivity index is 1.48. The number of likely N-dealkylation sites (tertiary alicyclic amines) is 1. The topological polar surface area (TPSA) is 41.6 Å². The molecule has 4 rings (SSSR count). The highest BCUT2D eigenvalue weighted by Crippen LogP contribution is 2.43. The van der Waals surface area contributed by atoms with Gasteiger partial charge in [0.2, 0.25) is 0 Å².